The third kappa shape index (κ3) is 32.2. The summed E-state index contributed by atoms with van der Waals surface area (Å²) in [5, 5.41) is 0. The van der Waals surface area contributed by atoms with Crippen LogP contribution in [0.1, 0.15) is 136 Å². The van der Waals surface area contributed by atoms with Gasteiger partial charge in [-0.1, -0.05) is 13.8 Å². The van der Waals surface area contributed by atoms with Crippen molar-refractivity contribution in [1.82, 2.24) is 0 Å². The van der Waals surface area contributed by atoms with Gasteiger partial charge in [0, 0.05) is 119 Å². The first kappa shape index (κ1) is 65.3. The summed E-state index contributed by atoms with van der Waals surface area (Å²) in [7, 11) is 0. The second-order valence-electron chi connectivity index (χ2n) is 18.7. The predicted octanol–water partition coefficient (Wildman–Crippen LogP) is -0.995. The monoisotopic (exact) mass is 1020 g/mol. The number of aliphatic imine (C=N–C) groups is 6. The van der Waals surface area contributed by atoms with Gasteiger partial charge in [0.25, 0.3) is 0 Å². The van der Waals surface area contributed by atoms with E-state index in [9.17, 15) is 33.6 Å². The molecule has 0 aliphatic carbocycles. The smallest absolute Gasteiger partial charge is 0.185 e. The van der Waals surface area contributed by atoms with Crippen molar-refractivity contribution in [2.75, 3.05) is 39.3 Å². The molecule has 25 nitrogen and oxygen atoms in total. The Kier molecular flexibility index (Phi) is 33.7. The van der Waals surface area contributed by atoms with E-state index >= 15 is 0 Å². The van der Waals surface area contributed by atoms with Gasteiger partial charge >= 0.3 is 0 Å². The third-order valence-electron chi connectivity index (χ3n) is 12.1. The molecule has 25 heteroatoms. The van der Waals surface area contributed by atoms with Crippen LogP contribution in [-0.2, 0) is 33.6 Å². The van der Waals surface area contributed by atoms with Crippen LogP contribution in [0.25, 0.3) is 0 Å². The van der Waals surface area contributed by atoms with Crippen molar-refractivity contribution in [3.63, 3.8) is 0 Å². The van der Waals surface area contributed by atoms with Crippen LogP contribution in [0.15, 0.2) is 30.0 Å². The summed E-state index contributed by atoms with van der Waals surface area (Å²) >= 11 is 0. The fourth-order valence-electron chi connectivity index (χ4n) is 8.37. The van der Waals surface area contributed by atoms with Crippen molar-refractivity contribution in [3.05, 3.63) is 0 Å². The minimum Gasteiger partial charge on any atom is -0.370 e. The van der Waals surface area contributed by atoms with Gasteiger partial charge < -0.3 is 73.6 Å². The van der Waals surface area contributed by atoms with Crippen molar-refractivity contribution in [2.24, 2.45) is 140 Å². The Morgan fingerprint density at radius 3 is 0.667 bits per heavy atom. The number of carbonyl (C=O) groups excluding carboxylic acids is 7. The zero-order chi connectivity index (χ0) is 54.8. The molecule has 0 spiro atoms. The fourth-order valence-corrected chi connectivity index (χ4v) is 8.37. The Morgan fingerprint density at radius 2 is 0.486 bits per heavy atom. The molecule has 6 atom stereocenters. The van der Waals surface area contributed by atoms with Crippen molar-refractivity contribution in [3.8, 4) is 0 Å². The summed E-state index contributed by atoms with van der Waals surface area (Å²) in [5.74, 6) is -8.18. The van der Waals surface area contributed by atoms with Gasteiger partial charge in [0.15, 0.2) is 35.8 Å². The number of rotatable bonds is 43. The Labute approximate surface area is 424 Å². The first-order valence-electron chi connectivity index (χ1n) is 24.8. The van der Waals surface area contributed by atoms with Crippen LogP contribution in [-0.4, -0.2) is 116 Å². The molecule has 0 aliphatic heterocycles. The Hall–Kier alpha value is -6.69. The molecule has 408 valence electrons. The standard InChI is InChI=1S/C47H88N18O7/c1-28(2)41(72)35(15-9-21-65-47(58)59)27-40(71)34(14-8-20-64-46(56)57)26-39(70)33(13-7-19-63-45(54)55)25-38(69)32(12-6-18-62-44(52)53)24-37(68)31(11-5-17-61-43(50)51)23-36(67)30(22-29(3)66)10-4-16-60-42(48)49/h28,30-35H,4-27H2,1-3H3,(H4,48,49,60)(H4,50,51,61)(H4,52,53,62)(H4,54,55,63)(H4,56,57,64)(H4,58,59,65). The molecule has 0 bridgehead atoms. The number of ketones is 7. The lowest BCUT2D eigenvalue weighted by atomic mass is 9.78. The number of nitrogens with zero attached hydrogens (tertiary/aromatic N) is 6. The number of nitrogens with two attached hydrogens (primary N) is 12. The number of Topliss-reactive ketones (excluding diaryl/α,β-unsaturated/α-hetero) is 7. The zero-order valence-electron chi connectivity index (χ0n) is 43.0. The molecule has 0 saturated heterocycles. The molecule has 0 radical (unpaired) electrons. The Morgan fingerprint density at radius 1 is 0.306 bits per heavy atom. The van der Waals surface area contributed by atoms with E-state index in [0.717, 1.165) is 0 Å². The van der Waals surface area contributed by atoms with Crippen LogP contribution in [0, 0.1) is 41.4 Å². The lowest BCUT2D eigenvalue weighted by molar-refractivity contribution is -0.136. The molecular formula is C47H88N18O7. The summed E-state index contributed by atoms with van der Waals surface area (Å²) < 4.78 is 0. The van der Waals surface area contributed by atoms with Crippen LogP contribution in [0.5, 0.6) is 0 Å². The van der Waals surface area contributed by atoms with E-state index in [1.54, 1.807) is 13.8 Å². The minimum absolute atomic E-state index is 0.0415. The largest absolute Gasteiger partial charge is 0.370 e. The van der Waals surface area contributed by atoms with Crippen LogP contribution in [0.2, 0.25) is 0 Å². The van der Waals surface area contributed by atoms with E-state index in [2.05, 4.69) is 30.0 Å². The third-order valence-corrected chi connectivity index (χ3v) is 12.1. The Bertz CT molecular complexity index is 1910. The van der Waals surface area contributed by atoms with Gasteiger partial charge in [-0.3, -0.25) is 58.7 Å². The Balaban J connectivity index is 7.08. The van der Waals surface area contributed by atoms with E-state index in [4.69, 9.17) is 68.8 Å². The topological polar surface area (TPSA) is 506 Å². The van der Waals surface area contributed by atoms with Gasteiger partial charge in [0.1, 0.15) is 40.5 Å². The molecular weight excluding hydrogens is 929 g/mol. The minimum atomic E-state index is -0.929. The van der Waals surface area contributed by atoms with E-state index in [1.807, 2.05) is 0 Å². The molecule has 0 heterocycles. The molecule has 0 aromatic carbocycles. The summed E-state index contributed by atoms with van der Waals surface area (Å²) in [4.78, 5) is 121. The predicted molar refractivity (Wildman–Crippen MR) is 284 cm³/mol. The summed E-state index contributed by atoms with van der Waals surface area (Å²) in [5.41, 5.74) is 66.4. The highest BCUT2D eigenvalue weighted by molar-refractivity contribution is 5.96. The van der Waals surface area contributed by atoms with Gasteiger partial charge in [-0.05, 0) is 84.0 Å². The lowest BCUT2D eigenvalue weighted by Crippen LogP contribution is -2.31. The van der Waals surface area contributed by atoms with E-state index < -0.39 is 41.3 Å². The summed E-state index contributed by atoms with van der Waals surface area (Å²) in [6, 6.07) is 0. The van der Waals surface area contributed by atoms with E-state index in [1.165, 1.54) is 6.92 Å². The van der Waals surface area contributed by atoms with Crippen molar-refractivity contribution in [1.29, 1.82) is 0 Å². The molecule has 72 heavy (non-hydrogen) atoms. The molecule has 0 amide bonds. The maximum atomic E-state index is 14.6. The van der Waals surface area contributed by atoms with E-state index in [0.29, 0.717) is 51.4 Å². The molecule has 0 saturated carbocycles. The SMILES string of the molecule is CC(=O)CC(CCCN=C(N)N)C(=O)CC(CCCN=C(N)N)C(=O)CC(CCCN=C(N)N)C(=O)CC(CCCN=C(N)N)C(=O)CC(CCCN=C(N)N)C(=O)CC(CCCN=C(N)N)C(=O)C(C)C. The zero-order valence-corrected chi connectivity index (χ0v) is 43.0. The second-order valence-corrected chi connectivity index (χ2v) is 18.7. The first-order valence-corrected chi connectivity index (χ1v) is 24.8. The molecule has 0 aromatic rings. The van der Waals surface area contributed by atoms with Gasteiger partial charge in [0.2, 0.25) is 0 Å². The fraction of sp³-hybridized carbons (Fsp3) is 0.723. The van der Waals surface area contributed by atoms with Gasteiger partial charge in [-0.2, -0.15) is 0 Å². The normalized spacial score (nSPS) is 13.4. The lowest BCUT2D eigenvalue weighted by Gasteiger charge is -2.24. The number of hydrogen-bond donors (Lipinski definition) is 12. The second kappa shape index (κ2) is 37.1. The van der Waals surface area contributed by atoms with Crippen molar-refractivity contribution in [2.45, 2.75) is 136 Å². The molecule has 24 N–H and O–H groups in total. The first-order chi connectivity index (χ1) is 33.8. The van der Waals surface area contributed by atoms with Crippen LogP contribution < -0.4 is 68.8 Å². The highest BCUT2D eigenvalue weighted by Crippen LogP contribution is 2.30. The number of guanidine groups is 6. The molecule has 0 rings (SSSR count). The summed E-state index contributed by atoms with van der Waals surface area (Å²) in [6.07, 6.45) is 2.27. The van der Waals surface area contributed by atoms with Gasteiger partial charge in [-0.25, -0.2) is 0 Å². The average molecular weight is 1020 g/mol. The van der Waals surface area contributed by atoms with Crippen LogP contribution >= 0.6 is 0 Å². The molecule has 6 unspecified atom stereocenters. The van der Waals surface area contributed by atoms with Crippen LogP contribution in [0.3, 0.4) is 0 Å². The summed E-state index contributed by atoms with van der Waals surface area (Å²) in [6.45, 7) is 6.03. The quantitative estimate of drug-likeness (QED) is 0.0198. The number of carbonyl (C=O) groups is 7. The van der Waals surface area contributed by atoms with Crippen LogP contribution in [0.4, 0.5) is 0 Å². The average Bonchev–Trinajstić information content (AvgIpc) is 3.28. The van der Waals surface area contributed by atoms with E-state index in [-0.39, 0.29) is 180 Å². The van der Waals surface area contributed by atoms with Crippen molar-refractivity contribution < 1.29 is 33.6 Å². The molecule has 0 aliphatic rings. The van der Waals surface area contributed by atoms with Gasteiger partial charge in [0.05, 0.1) is 0 Å². The highest BCUT2D eigenvalue weighted by Gasteiger charge is 2.34. The maximum absolute atomic E-state index is 14.6. The van der Waals surface area contributed by atoms with Crippen molar-refractivity contribution >= 4 is 76.2 Å². The van der Waals surface area contributed by atoms with Gasteiger partial charge in [-0.15, -0.1) is 0 Å². The highest BCUT2D eigenvalue weighted by atomic mass is 16.2. The molecule has 0 fully saturated rings. The molecule has 0 aromatic heterocycles. The maximum Gasteiger partial charge on any atom is 0.185 e. The number of hydrogen-bond acceptors (Lipinski definition) is 13.